The van der Waals surface area contributed by atoms with E-state index in [4.69, 9.17) is 18.9 Å². The van der Waals surface area contributed by atoms with E-state index in [0.29, 0.717) is 6.61 Å². The van der Waals surface area contributed by atoms with Gasteiger partial charge in [0, 0.05) is 7.11 Å². The van der Waals surface area contributed by atoms with Gasteiger partial charge in [-0.15, -0.1) is 0 Å². The Morgan fingerprint density at radius 3 is 2.40 bits per heavy atom. The molecular weight excluding hydrogens is 260 g/mol. The van der Waals surface area contributed by atoms with Gasteiger partial charge in [-0.2, -0.15) is 0 Å². The number of hydrogen-bond acceptors (Lipinski definition) is 5. The van der Waals surface area contributed by atoms with Crippen molar-refractivity contribution < 1.29 is 23.7 Å². The van der Waals surface area contributed by atoms with Crippen LogP contribution in [-0.2, 0) is 23.7 Å². The Bertz CT molecular complexity index is 466. The maximum absolute atomic E-state index is 11.6. The Labute approximate surface area is 118 Å². The van der Waals surface area contributed by atoms with Gasteiger partial charge in [-0.05, 0) is 25.0 Å². The molecule has 20 heavy (non-hydrogen) atoms. The summed E-state index contributed by atoms with van der Waals surface area (Å²) in [6.45, 7) is 4.30. The number of rotatable bonds is 4. The van der Waals surface area contributed by atoms with Crippen molar-refractivity contribution in [2.75, 3.05) is 20.8 Å². The van der Waals surface area contributed by atoms with Gasteiger partial charge in [0.2, 0.25) is 0 Å². The number of esters is 1. The van der Waals surface area contributed by atoms with Crippen LogP contribution in [0.2, 0.25) is 0 Å². The summed E-state index contributed by atoms with van der Waals surface area (Å²) in [4.78, 5) is 11.6. The Kier molecular flexibility index (Phi) is 4.42. The van der Waals surface area contributed by atoms with Gasteiger partial charge in [0.1, 0.15) is 6.10 Å². The Balaban J connectivity index is 2.12. The predicted molar refractivity (Wildman–Crippen MR) is 72.1 cm³/mol. The molecule has 0 spiro atoms. The number of ether oxygens (including phenoxy) is 4. The van der Waals surface area contributed by atoms with E-state index in [0.717, 1.165) is 11.1 Å². The van der Waals surface area contributed by atoms with Crippen molar-refractivity contribution in [1.29, 1.82) is 0 Å². The van der Waals surface area contributed by atoms with Crippen LogP contribution in [0, 0.1) is 0 Å². The first-order valence-electron chi connectivity index (χ1n) is 6.49. The molecule has 0 saturated carbocycles. The van der Waals surface area contributed by atoms with Crippen molar-refractivity contribution in [3.63, 3.8) is 0 Å². The van der Waals surface area contributed by atoms with Gasteiger partial charge in [-0.1, -0.05) is 24.3 Å². The van der Waals surface area contributed by atoms with E-state index in [1.54, 1.807) is 0 Å². The summed E-state index contributed by atoms with van der Waals surface area (Å²) in [5.74, 6) is -0.966. The van der Waals surface area contributed by atoms with Gasteiger partial charge in [-0.25, -0.2) is 4.79 Å². The number of carbonyl (C=O) groups is 1. The van der Waals surface area contributed by atoms with Crippen molar-refractivity contribution in [3.05, 3.63) is 35.4 Å². The van der Waals surface area contributed by atoms with Crippen LogP contribution in [0.3, 0.4) is 0 Å². The second-order valence-electron chi connectivity index (χ2n) is 5.12. The smallest absolute Gasteiger partial charge is 0.339 e. The molecule has 0 amide bonds. The minimum atomic E-state index is -0.703. The number of carbonyl (C=O) groups excluding carboxylic acids is 1. The summed E-state index contributed by atoms with van der Waals surface area (Å²) >= 11 is 0. The van der Waals surface area contributed by atoms with Gasteiger partial charge in [0.05, 0.1) is 13.7 Å². The van der Waals surface area contributed by atoms with Crippen LogP contribution < -0.4 is 0 Å². The summed E-state index contributed by atoms with van der Waals surface area (Å²) in [5, 5.41) is 0. The highest BCUT2D eigenvalue weighted by Gasteiger charge is 2.33. The third-order valence-electron chi connectivity index (χ3n) is 3.27. The van der Waals surface area contributed by atoms with Crippen LogP contribution in [0.25, 0.3) is 0 Å². The highest BCUT2D eigenvalue weighted by molar-refractivity contribution is 5.76. The second-order valence-corrected chi connectivity index (χ2v) is 5.12. The van der Waals surface area contributed by atoms with E-state index in [-0.39, 0.29) is 6.10 Å². The average molecular weight is 280 g/mol. The molecule has 0 N–H and O–H groups in total. The van der Waals surface area contributed by atoms with Crippen molar-refractivity contribution in [2.24, 2.45) is 0 Å². The standard InChI is InChI=1S/C15H20O5/c1-15(2)19-9-12(20-15)10-5-7-11(8-6-10)13(17-3)14(16)18-4/h5-8,12-13H,9H2,1-4H3. The van der Waals surface area contributed by atoms with Gasteiger partial charge in [-0.3, -0.25) is 0 Å². The number of hydrogen-bond donors (Lipinski definition) is 0. The summed E-state index contributed by atoms with van der Waals surface area (Å²) < 4.78 is 21.2. The molecule has 5 heteroatoms. The Hall–Kier alpha value is -1.43. The first-order valence-corrected chi connectivity index (χ1v) is 6.49. The molecule has 0 radical (unpaired) electrons. The quantitative estimate of drug-likeness (QED) is 0.793. The van der Waals surface area contributed by atoms with E-state index in [9.17, 15) is 4.79 Å². The van der Waals surface area contributed by atoms with E-state index >= 15 is 0 Å². The van der Waals surface area contributed by atoms with Crippen molar-refractivity contribution >= 4 is 5.97 Å². The molecule has 1 aromatic rings. The Morgan fingerprint density at radius 2 is 1.95 bits per heavy atom. The average Bonchev–Trinajstić information content (AvgIpc) is 2.80. The number of benzene rings is 1. The lowest BCUT2D eigenvalue weighted by Crippen LogP contribution is -2.19. The first-order chi connectivity index (χ1) is 9.46. The molecule has 1 saturated heterocycles. The molecule has 1 aliphatic heterocycles. The monoisotopic (exact) mass is 280 g/mol. The SMILES string of the molecule is COC(=O)C(OC)c1ccc(C2COC(C)(C)O2)cc1. The Morgan fingerprint density at radius 1 is 1.30 bits per heavy atom. The summed E-state index contributed by atoms with van der Waals surface area (Å²) in [6, 6.07) is 7.52. The zero-order valence-corrected chi connectivity index (χ0v) is 12.2. The molecule has 1 aromatic carbocycles. The largest absolute Gasteiger partial charge is 0.467 e. The highest BCUT2D eigenvalue weighted by atomic mass is 16.7. The van der Waals surface area contributed by atoms with Gasteiger partial charge < -0.3 is 18.9 Å². The summed E-state index contributed by atoms with van der Waals surface area (Å²) in [6.07, 6.45) is -0.788. The van der Waals surface area contributed by atoms with Crippen LogP contribution in [0.1, 0.15) is 37.2 Å². The third kappa shape index (κ3) is 3.17. The second kappa shape index (κ2) is 5.91. The molecule has 0 aliphatic carbocycles. The van der Waals surface area contributed by atoms with E-state index < -0.39 is 17.9 Å². The minimum absolute atomic E-state index is 0.0850. The summed E-state index contributed by atoms with van der Waals surface area (Å²) in [7, 11) is 2.82. The summed E-state index contributed by atoms with van der Waals surface area (Å²) in [5.41, 5.74) is 1.76. The molecule has 110 valence electrons. The zero-order valence-electron chi connectivity index (χ0n) is 12.2. The van der Waals surface area contributed by atoms with Crippen LogP contribution in [0.15, 0.2) is 24.3 Å². The van der Waals surface area contributed by atoms with Crippen LogP contribution in [0.4, 0.5) is 0 Å². The molecule has 5 nitrogen and oxygen atoms in total. The van der Waals surface area contributed by atoms with E-state index in [2.05, 4.69) is 0 Å². The topological polar surface area (TPSA) is 54.0 Å². The van der Waals surface area contributed by atoms with Crippen LogP contribution in [-0.4, -0.2) is 32.6 Å². The van der Waals surface area contributed by atoms with E-state index in [1.165, 1.54) is 14.2 Å². The van der Waals surface area contributed by atoms with Gasteiger partial charge in [0.15, 0.2) is 11.9 Å². The molecule has 0 bridgehead atoms. The predicted octanol–water partition coefficient (Wildman–Crippen LogP) is 2.37. The number of methoxy groups -OCH3 is 2. The molecule has 2 atom stereocenters. The van der Waals surface area contributed by atoms with Gasteiger partial charge in [0.25, 0.3) is 0 Å². The first kappa shape index (κ1) is 15.0. The van der Waals surface area contributed by atoms with E-state index in [1.807, 2.05) is 38.1 Å². The lowest BCUT2D eigenvalue weighted by molar-refractivity contribution is -0.152. The van der Waals surface area contributed by atoms with Crippen LogP contribution in [0.5, 0.6) is 0 Å². The van der Waals surface area contributed by atoms with Crippen LogP contribution >= 0.6 is 0 Å². The van der Waals surface area contributed by atoms with Crippen molar-refractivity contribution in [2.45, 2.75) is 31.8 Å². The molecule has 2 rings (SSSR count). The molecule has 0 aromatic heterocycles. The fourth-order valence-electron chi connectivity index (χ4n) is 2.21. The molecule has 2 unspecified atom stereocenters. The van der Waals surface area contributed by atoms with Crippen molar-refractivity contribution in [1.82, 2.24) is 0 Å². The molecule has 1 aliphatic rings. The fourth-order valence-corrected chi connectivity index (χ4v) is 2.21. The normalized spacial score (nSPS) is 22.5. The van der Waals surface area contributed by atoms with Gasteiger partial charge >= 0.3 is 5.97 Å². The maximum Gasteiger partial charge on any atom is 0.339 e. The lowest BCUT2D eigenvalue weighted by Gasteiger charge is -2.18. The zero-order chi connectivity index (χ0) is 14.8. The lowest BCUT2D eigenvalue weighted by atomic mass is 10.0. The molecule has 1 heterocycles. The third-order valence-corrected chi connectivity index (χ3v) is 3.27. The molecule has 1 fully saturated rings. The van der Waals surface area contributed by atoms with Crippen molar-refractivity contribution in [3.8, 4) is 0 Å². The minimum Gasteiger partial charge on any atom is -0.467 e. The molecular formula is C15H20O5. The fraction of sp³-hybridized carbons (Fsp3) is 0.533. The highest BCUT2D eigenvalue weighted by Crippen LogP contribution is 2.33. The maximum atomic E-state index is 11.6.